The number of likely N-dealkylation sites (tertiary alicyclic amines) is 1. The van der Waals surface area contributed by atoms with Gasteiger partial charge in [-0.15, -0.1) is 13.2 Å². The summed E-state index contributed by atoms with van der Waals surface area (Å²) in [6.45, 7) is 2.25. The van der Waals surface area contributed by atoms with E-state index in [4.69, 9.17) is 9.47 Å². The normalized spacial score (nSPS) is 27.8. The predicted molar refractivity (Wildman–Crippen MR) is 140 cm³/mol. The van der Waals surface area contributed by atoms with Crippen LogP contribution >= 0.6 is 0 Å². The van der Waals surface area contributed by atoms with E-state index in [0.29, 0.717) is 35.4 Å². The summed E-state index contributed by atoms with van der Waals surface area (Å²) in [5.74, 6) is -1.40. The number of hydrogen-bond donors (Lipinski definition) is 1. The molecule has 10 heteroatoms. The maximum absolute atomic E-state index is 13.3. The summed E-state index contributed by atoms with van der Waals surface area (Å²) in [6.07, 6.45) is 0.313. The highest BCUT2D eigenvalue weighted by Crippen LogP contribution is 2.65. The van der Waals surface area contributed by atoms with Crippen molar-refractivity contribution in [2.24, 2.45) is 5.92 Å². The molecule has 212 valence electrons. The van der Waals surface area contributed by atoms with Gasteiger partial charge in [-0.2, -0.15) is 0 Å². The lowest BCUT2D eigenvalue weighted by molar-refractivity contribution is -0.927. The summed E-state index contributed by atoms with van der Waals surface area (Å²) < 4.78 is 57.2. The van der Waals surface area contributed by atoms with E-state index < -0.39 is 24.0 Å². The van der Waals surface area contributed by atoms with E-state index in [1.165, 1.54) is 13.0 Å². The number of nitrogens with zero attached hydrogens (tertiary/aromatic N) is 1. The molecule has 1 saturated carbocycles. The smallest absolute Gasteiger partial charge is 0.487 e. The summed E-state index contributed by atoms with van der Waals surface area (Å²) in [4.78, 5) is 25.5. The molecule has 4 aliphatic rings. The topological polar surface area (TPSA) is 73.9 Å². The Balaban J connectivity index is 1.47. The molecule has 0 radical (unpaired) electrons. The minimum Gasteiger partial charge on any atom is -0.487 e. The predicted octanol–water partition coefficient (Wildman–Crippen LogP) is 5.33. The average Bonchev–Trinajstić information content (AvgIpc) is 3.21. The number of amides is 1. The second-order valence-corrected chi connectivity index (χ2v) is 11.8. The van der Waals surface area contributed by atoms with Crippen LogP contribution in [0.5, 0.6) is 11.5 Å². The van der Waals surface area contributed by atoms with Gasteiger partial charge in [-0.1, -0.05) is 30.3 Å². The summed E-state index contributed by atoms with van der Waals surface area (Å²) in [5.41, 5.74) is 2.08. The van der Waals surface area contributed by atoms with Gasteiger partial charge in [0.25, 0.3) is 5.91 Å². The van der Waals surface area contributed by atoms with Gasteiger partial charge >= 0.3 is 12.3 Å². The fraction of sp³-hybridized carbons (Fsp3) is 0.467. The van der Waals surface area contributed by atoms with Gasteiger partial charge in [-0.3, -0.25) is 9.59 Å². The first-order chi connectivity index (χ1) is 18.9. The third-order valence-electron chi connectivity index (χ3n) is 9.22. The number of rotatable bonds is 5. The number of halogens is 3. The number of quaternary nitrogens is 1. The minimum atomic E-state index is -5.08. The Morgan fingerprint density at radius 1 is 1.18 bits per heavy atom. The van der Waals surface area contributed by atoms with Crippen molar-refractivity contribution in [3.63, 3.8) is 0 Å². The van der Waals surface area contributed by atoms with Gasteiger partial charge in [0.1, 0.15) is 17.6 Å². The Bertz CT molecular complexity index is 1400. The summed E-state index contributed by atoms with van der Waals surface area (Å²) in [5, 5.41) is 2.61. The number of esters is 1. The molecule has 0 aromatic heterocycles. The molecule has 2 aliphatic carbocycles. The molecule has 2 heterocycles. The molecule has 0 unspecified atom stereocenters. The molecular formula is C30H32F3N2O5+. The first-order valence-corrected chi connectivity index (χ1v) is 13.6. The summed E-state index contributed by atoms with van der Waals surface area (Å²) >= 11 is 0. The van der Waals surface area contributed by atoms with Crippen molar-refractivity contribution in [2.45, 2.75) is 63.0 Å². The number of benzene rings is 2. The number of carbonyl (C=O) groups is 2. The molecule has 6 rings (SSSR count). The van der Waals surface area contributed by atoms with Crippen molar-refractivity contribution < 1.29 is 41.5 Å². The van der Waals surface area contributed by atoms with Crippen molar-refractivity contribution in [1.82, 2.24) is 0 Å². The number of carbonyl (C=O) groups excluding carboxylic acids is 2. The first-order valence-electron chi connectivity index (χ1n) is 13.6. The molecule has 7 nitrogen and oxygen atoms in total. The van der Waals surface area contributed by atoms with Crippen LogP contribution in [-0.2, 0) is 26.2 Å². The SMILES string of the molecule is CC(=O)Oc1cc(NC(=O)C(=Cc2ccccc2)OC(F)(F)F)c2c3c1C[C@@H]1[C@@H]4CCC[C@H](O2)[C@]34CC[N+]1(C)C. The van der Waals surface area contributed by atoms with Crippen molar-refractivity contribution in [3.8, 4) is 11.5 Å². The van der Waals surface area contributed by atoms with Crippen LogP contribution in [0.15, 0.2) is 42.2 Å². The lowest BCUT2D eigenvalue weighted by Gasteiger charge is -2.59. The first kappa shape index (κ1) is 26.7. The van der Waals surface area contributed by atoms with E-state index in [9.17, 15) is 22.8 Å². The largest absolute Gasteiger partial charge is 0.573 e. The Kier molecular flexibility index (Phi) is 6.18. The van der Waals surface area contributed by atoms with Crippen LogP contribution in [0.2, 0.25) is 0 Å². The van der Waals surface area contributed by atoms with Crippen LogP contribution in [0, 0.1) is 5.92 Å². The van der Waals surface area contributed by atoms with E-state index in [1.54, 1.807) is 30.3 Å². The molecule has 2 aromatic carbocycles. The quantitative estimate of drug-likeness (QED) is 0.177. The van der Waals surface area contributed by atoms with E-state index in [0.717, 1.165) is 53.9 Å². The molecule has 2 aromatic rings. The molecule has 2 aliphatic heterocycles. The fourth-order valence-corrected chi connectivity index (χ4v) is 7.65. The number of ether oxygens (including phenoxy) is 3. The summed E-state index contributed by atoms with van der Waals surface area (Å²) in [6, 6.07) is 9.96. The molecule has 40 heavy (non-hydrogen) atoms. The van der Waals surface area contributed by atoms with Crippen LogP contribution in [0.4, 0.5) is 18.9 Å². The van der Waals surface area contributed by atoms with Crippen molar-refractivity contribution >= 4 is 23.6 Å². The molecule has 1 amide bonds. The highest BCUT2D eigenvalue weighted by atomic mass is 19.4. The molecule has 4 atom stereocenters. The van der Waals surface area contributed by atoms with Crippen LogP contribution < -0.4 is 14.8 Å². The maximum Gasteiger partial charge on any atom is 0.573 e. The number of anilines is 1. The van der Waals surface area contributed by atoms with Gasteiger partial charge in [0.05, 0.1) is 37.8 Å². The zero-order valence-corrected chi connectivity index (χ0v) is 22.6. The number of hydrogen-bond acceptors (Lipinski definition) is 5. The number of likely N-dealkylation sites (N-methyl/N-ethyl adjacent to an activating group) is 1. The second-order valence-electron chi connectivity index (χ2n) is 11.8. The molecule has 2 fully saturated rings. The Morgan fingerprint density at radius 3 is 2.62 bits per heavy atom. The number of nitrogens with one attached hydrogen (secondary N) is 1. The van der Waals surface area contributed by atoms with Crippen LogP contribution in [0.3, 0.4) is 0 Å². The van der Waals surface area contributed by atoms with Gasteiger partial charge in [0, 0.05) is 42.9 Å². The molecule has 1 saturated heterocycles. The molecule has 1 spiro atoms. The van der Waals surface area contributed by atoms with Crippen molar-refractivity contribution in [3.05, 3.63) is 58.8 Å². The van der Waals surface area contributed by atoms with Crippen molar-refractivity contribution in [1.29, 1.82) is 0 Å². The minimum absolute atomic E-state index is 0.114. The Morgan fingerprint density at radius 2 is 1.93 bits per heavy atom. The summed E-state index contributed by atoms with van der Waals surface area (Å²) in [7, 11) is 4.48. The van der Waals surface area contributed by atoms with E-state index in [1.807, 2.05) is 0 Å². The van der Waals surface area contributed by atoms with Crippen LogP contribution in [0.1, 0.15) is 49.3 Å². The highest BCUT2D eigenvalue weighted by molar-refractivity contribution is 6.06. The van der Waals surface area contributed by atoms with Gasteiger partial charge in [-0.25, -0.2) is 0 Å². The van der Waals surface area contributed by atoms with E-state index >= 15 is 0 Å². The average molecular weight is 558 g/mol. The Labute approximate surface area is 230 Å². The van der Waals surface area contributed by atoms with Gasteiger partial charge in [0.2, 0.25) is 0 Å². The lowest BCUT2D eigenvalue weighted by Crippen LogP contribution is -2.69. The molecule has 1 N–H and O–H groups in total. The molecule has 2 bridgehead atoms. The number of piperidine rings is 1. The fourth-order valence-electron chi connectivity index (χ4n) is 7.65. The lowest BCUT2D eigenvalue weighted by atomic mass is 9.51. The standard InChI is InChI=1S/C30H31F3N2O5/c1-17(36)38-23-16-21(34-28(37)24(40-30(31,32)33)14-18-8-5-4-6-9-18)27-26-19(23)15-22-20-10-7-11-25(39-27)29(20,26)12-13-35(22,2)3/h4-6,8-9,14,16,20,22,25H,7,10-13,15H2,1-3H3/p+1/t20-,22+,25-,29+/m0/s1. The maximum atomic E-state index is 13.3. The third-order valence-corrected chi connectivity index (χ3v) is 9.22. The Hall–Kier alpha value is -3.53. The molecular weight excluding hydrogens is 525 g/mol. The number of alkyl halides is 3. The van der Waals surface area contributed by atoms with Crippen molar-refractivity contribution in [2.75, 3.05) is 26.0 Å². The zero-order chi connectivity index (χ0) is 28.4. The van der Waals surface area contributed by atoms with Crippen LogP contribution in [0.25, 0.3) is 6.08 Å². The van der Waals surface area contributed by atoms with E-state index in [2.05, 4.69) is 24.1 Å². The van der Waals surface area contributed by atoms with Gasteiger partial charge in [-0.05, 0) is 30.9 Å². The van der Waals surface area contributed by atoms with Gasteiger partial charge < -0.3 is 24.0 Å². The monoisotopic (exact) mass is 557 g/mol. The highest BCUT2D eigenvalue weighted by Gasteiger charge is 2.67. The zero-order valence-electron chi connectivity index (χ0n) is 22.6. The second kappa shape index (κ2) is 9.26. The van der Waals surface area contributed by atoms with E-state index in [-0.39, 0.29) is 17.2 Å². The third kappa shape index (κ3) is 4.33. The van der Waals surface area contributed by atoms with Crippen LogP contribution in [-0.4, -0.2) is 55.5 Å². The van der Waals surface area contributed by atoms with Gasteiger partial charge in [0.15, 0.2) is 5.76 Å².